The van der Waals surface area contributed by atoms with Crippen molar-refractivity contribution in [3.05, 3.63) is 45.2 Å². The van der Waals surface area contributed by atoms with Crippen LogP contribution in [-0.2, 0) is 6.54 Å². The Morgan fingerprint density at radius 2 is 2.00 bits per heavy atom. The number of aromatic nitrogens is 1. The highest BCUT2D eigenvalue weighted by atomic mass is 16.4. The molecule has 0 saturated carbocycles. The standard InChI is InChI=1S/C14H17NO3/c1-3-10(2)8-9-15-12-7-5-4-6-11(12)13(16)18-14(15)17/h4-7,10H,3,8-9H2,1-2H3. The maximum atomic E-state index is 11.8. The number of aryl methyl sites for hydroxylation is 1. The van der Waals surface area contributed by atoms with Crippen molar-refractivity contribution in [1.82, 2.24) is 4.57 Å². The Bertz CT molecular complexity index is 654. The molecule has 1 aromatic carbocycles. The van der Waals surface area contributed by atoms with Gasteiger partial charge in [0.15, 0.2) is 0 Å². The van der Waals surface area contributed by atoms with Crippen LogP contribution < -0.4 is 11.4 Å². The number of hydrogen-bond donors (Lipinski definition) is 0. The van der Waals surface area contributed by atoms with Gasteiger partial charge >= 0.3 is 11.4 Å². The van der Waals surface area contributed by atoms with Crippen LogP contribution in [0.3, 0.4) is 0 Å². The van der Waals surface area contributed by atoms with Gasteiger partial charge in [0.2, 0.25) is 0 Å². The van der Waals surface area contributed by atoms with Crippen molar-refractivity contribution in [2.75, 3.05) is 0 Å². The molecule has 0 radical (unpaired) electrons. The average Bonchev–Trinajstić information content (AvgIpc) is 2.38. The van der Waals surface area contributed by atoms with Crippen LogP contribution in [-0.4, -0.2) is 4.57 Å². The molecule has 1 aromatic heterocycles. The van der Waals surface area contributed by atoms with Crippen LogP contribution in [0.2, 0.25) is 0 Å². The van der Waals surface area contributed by atoms with Crippen molar-refractivity contribution in [1.29, 1.82) is 0 Å². The summed E-state index contributed by atoms with van der Waals surface area (Å²) in [5.74, 6) is -0.0235. The van der Waals surface area contributed by atoms with Crippen LogP contribution in [0.1, 0.15) is 26.7 Å². The third-order valence-corrected chi connectivity index (χ3v) is 3.36. The molecule has 4 heteroatoms. The number of para-hydroxylation sites is 1. The maximum Gasteiger partial charge on any atom is 0.422 e. The second kappa shape index (κ2) is 5.21. The van der Waals surface area contributed by atoms with Gasteiger partial charge in [-0.15, -0.1) is 0 Å². The number of rotatable bonds is 4. The zero-order valence-electron chi connectivity index (χ0n) is 10.7. The van der Waals surface area contributed by atoms with E-state index in [0.717, 1.165) is 12.8 Å². The zero-order chi connectivity index (χ0) is 13.1. The summed E-state index contributed by atoms with van der Waals surface area (Å²) in [6.07, 6.45) is 1.97. The van der Waals surface area contributed by atoms with E-state index in [1.165, 1.54) is 0 Å². The predicted molar refractivity (Wildman–Crippen MR) is 70.8 cm³/mol. The van der Waals surface area contributed by atoms with Crippen molar-refractivity contribution in [2.24, 2.45) is 5.92 Å². The van der Waals surface area contributed by atoms with E-state index in [1.54, 1.807) is 22.8 Å². The SMILES string of the molecule is CCC(C)CCn1c(=O)oc(=O)c2ccccc21. The molecule has 0 fully saturated rings. The Balaban J connectivity index is 2.50. The monoisotopic (exact) mass is 247 g/mol. The molecule has 0 saturated heterocycles. The quantitative estimate of drug-likeness (QED) is 0.833. The summed E-state index contributed by atoms with van der Waals surface area (Å²) < 4.78 is 6.28. The molecule has 1 atom stereocenters. The summed E-state index contributed by atoms with van der Waals surface area (Å²) >= 11 is 0. The Hall–Kier alpha value is -1.84. The van der Waals surface area contributed by atoms with E-state index >= 15 is 0 Å². The van der Waals surface area contributed by atoms with E-state index in [-0.39, 0.29) is 0 Å². The van der Waals surface area contributed by atoms with Gasteiger partial charge in [-0.05, 0) is 24.5 Å². The molecule has 0 amide bonds. The van der Waals surface area contributed by atoms with Gasteiger partial charge in [-0.3, -0.25) is 4.57 Å². The number of hydrogen-bond acceptors (Lipinski definition) is 3. The number of fused-ring (bicyclic) bond motifs is 1. The summed E-state index contributed by atoms with van der Waals surface area (Å²) in [5.41, 5.74) is 0.0949. The maximum absolute atomic E-state index is 11.8. The van der Waals surface area contributed by atoms with Gasteiger partial charge in [-0.2, -0.15) is 0 Å². The van der Waals surface area contributed by atoms with Crippen molar-refractivity contribution >= 4 is 10.9 Å². The molecule has 0 spiro atoms. The van der Waals surface area contributed by atoms with E-state index in [0.29, 0.717) is 23.4 Å². The lowest BCUT2D eigenvalue weighted by Crippen LogP contribution is -2.25. The van der Waals surface area contributed by atoms with Crippen molar-refractivity contribution in [3.63, 3.8) is 0 Å². The third-order valence-electron chi connectivity index (χ3n) is 3.36. The molecule has 2 aromatic rings. The first-order valence-electron chi connectivity index (χ1n) is 6.26. The fourth-order valence-electron chi connectivity index (χ4n) is 1.93. The molecule has 0 bridgehead atoms. The molecular formula is C14H17NO3. The molecule has 18 heavy (non-hydrogen) atoms. The molecule has 2 rings (SSSR count). The van der Waals surface area contributed by atoms with Crippen LogP contribution in [0.25, 0.3) is 10.9 Å². The van der Waals surface area contributed by atoms with E-state index < -0.39 is 11.4 Å². The van der Waals surface area contributed by atoms with Crippen molar-refractivity contribution < 1.29 is 4.42 Å². The highest BCUT2D eigenvalue weighted by Crippen LogP contribution is 2.11. The van der Waals surface area contributed by atoms with Gasteiger partial charge < -0.3 is 4.42 Å². The first kappa shape index (κ1) is 12.6. The van der Waals surface area contributed by atoms with Crippen molar-refractivity contribution in [2.45, 2.75) is 33.2 Å². The molecule has 96 valence electrons. The Morgan fingerprint density at radius 1 is 1.28 bits per heavy atom. The van der Waals surface area contributed by atoms with Gasteiger partial charge in [-0.25, -0.2) is 9.59 Å². The topological polar surface area (TPSA) is 52.2 Å². The predicted octanol–water partition coefficient (Wildman–Crippen LogP) is 2.39. The minimum absolute atomic E-state index is 0.459. The van der Waals surface area contributed by atoms with Gasteiger partial charge in [0.1, 0.15) is 0 Å². The first-order valence-corrected chi connectivity index (χ1v) is 6.26. The summed E-state index contributed by atoms with van der Waals surface area (Å²) in [4.78, 5) is 23.3. The van der Waals surface area contributed by atoms with Crippen LogP contribution in [0.5, 0.6) is 0 Å². The van der Waals surface area contributed by atoms with Gasteiger partial charge in [0, 0.05) is 6.54 Å². The lowest BCUT2D eigenvalue weighted by Gasteiger charge is -2.11. The largest absolute Gasteiger partial charge is 0.422 e. The molecule has 0 aliphatic carbocycles. The Kier molecular flexibility index (Phi) is 3.65. The van der Waals surface area contributed by atoms with Gasteiger partial charge in [-0.1, -0.05) is 32.4 Å². The van der Waals surface area contributed by atoms with Crippen LogP contribution in [0.4, 0.5) is 0 Å². The molecule has 4 nitrogen and oxygen atoms in total. The molecule has 0 aliphatic heterocycles. The Morgan fingerprint density at radius 3 is 2.72 bits per heavy atom. The first-order chi connectivity index (χ1) is 8.63. The summed E-state index contributed by atoms with van der Waals surface area (Å²) in [5, 5.41) is 0.459. The lowest BCUT2D eigenvalue weighted by atomic mass is 10.1. The fourth-order valence-corrected chi connectivity index (χ4v) is 1.93. The number of benzene rings is 1. The third kappa shape index (κ3) is 2.37. The summed E-state index contributed by atoms with van der Waals surface area (Å²) in [6.45, 7) is 4.85. The summed E-state index contributed by atoms with van der Waals surface area (Å²) in [7, 11) is 0. The van der Waals surface area contributed by atoms with E-state index in [4.69, 9.17) is 4.42 Å². The molecule has 1 unspecified atom stereocenters. The van der Waals surface area contributed by atoms with Crippen LogP contribution in [0.15, 0.2) is 38.3 Å². The summed E-state index contributed by atoms with van der Waals surface area (Å²) in [6, 6.07) is 7.05. The van der Waals surface area contributed by atoms with E-state index in [1.807, 2.05) is 6.07 Å². The minimum Gasteiger partial charge on any atom is -0.372 e. The molecule has 1 heterocycles. The molecule has 0 aliphatic rings. The van der Waals surface area contributed by atoms with E-state index in [9.17, 15) is 9.59 Å². The second-order valence-electron chi connectivity index (χ2n) is 4.63. The van der Waals surface area contributed by atoms with Gasteiger partial charge in [0.05, 0.1) is 10.9 Å². The molecule has 0 N–H and O–H groups in total. The lowest BCUT2D eigenvalue weighted by molar-refractivity contribution is 0.391. The fraction of sp³-hybridized carbons (Fsp3) is 0.429. The number of nitrogens with zero attached hydrogens (tertiary/aromatic N) is 1. The normalized spacial score (nSPS) is 12.8. The van der Waals surface area contributed by atoms with E-state index in [2.05, 4.69) is 13.8 Å². The average molecular weight is 247 g/mol. The highest BCUT2D eigenvalue weighted by Gasteiger charge is 2.09. The van der Waals surface area contributed by atoms with Crippen LogP contribution >= 0.6 is 0 Å². The van der Waals surface area contributed by atoms with Crippen molar-refractivity contribution in [3.8, 4) is 0 Å². The molecular weight excluding hydrogens is 230 g/mol. The second-order valence-corrected chi connectivity index (χ2v) is 4.63. The Labute approximate surface area is 105 Å². The van der Waals surface area contributed by atoms with Gasteiger partial charge in [0.25, 0.3) is 0 Å². The smallest absolute Gasteiger partial charge is 0.372 e. The van der Waals surface area contributed by atoms with Crippen LogP contribution in [0, 0.1) is 5.92 Å². The zero-order valence-corrected chi connectivity index (χ0v) is 10.7. The highest BCUT2D eigenvalue weighted by molar-refractivity contribution is 5.77. The minimum atomic E-state index is -0.568.